The predicted octanol–water partition coefficient (Wildman–Crippen LogP) is 5.40. The number of hydrogen-bond acceptors (Lipinski definition) is 5. The lowest BCUT2D eigenvalue weighted by Gasteiger charge is -2.32. The van der Waals surface area contributed by atoms with Crippen LogP contribution in [0.15, 0.2) is 0 Å². The predicted molar refractivity (Wildman–Crippen MR) is 94.6 cm³/mol. The first-order chi connectivity index (χ1) is 14.2. The van der Waals surface area contributed by atoms with Gasteiger partial charge in [-0.3, -0.25) is 14.8 Å². The van der Waals surface area contributed by atoms with Gasteiger partial charge in [-0.2, -0.15) is 44.6 Å². The van der Waals surface area contributed by atoms with Gasteiger partial charge >= 0.3 is 23.9 Å². The van der Waals surface area contributed by atoms with Crippen molar-refractivity contribution >= 4 is 34.0 Å². The number of hydrogen-bond donors (Lipinski definition) is 1. The Bertz CT molecular complexity index is 1030. The van der Waals surface area contributed by atoms with Crippen molar-refractivity contribution in [3.63, 3.8) is 0 Å². The van der Waals surface area contributed by atoms with Crippen LogP contribution in [0.4, 0.5) is 44.6 Å². The molecule has 0 fully saturated rings. The summed E-state index contributed by atoms with van der Waals surface area (Å²) in [6.45, 7) is 5.16. The molecule has 2 aromatic heterocycles. The molecule has 0 radical (unpaired) electrons. The third-order valence-electron chi connectivity index (χ3n) is 3.97. The van der Waals surface area contributed by atoms with Crippen molar-refractivity contribution in [2.45, 2.75) is 50.1 Å². The minimum absolute atomic E-state index is 0.121. The number of anilines is 1. The summed E-state index contributed by atoms with van der Waals surface area (Å²) in [6.07, 6.45) is -6.97. The lowest BCUT2D eigenvalue weighted by atomic mass is 9.92. The molecule has 0 aliphatic carbocycles. The maximum atomic E-state index is 13.9. The molecular weight excluding hydrogens is 505 g/mol. The average Bonchev–Trinajstić information content (AvgIpc) is 3.17. The molecule has 17 heteroatoms. The summed E-state index contributed by atoms with van der Waals surface area (Å²) in [5.74, 6) is -21.1. The highest BCUT2D eigenvalue weighted by molar-refractivity contribution is 7.15. The third kappa shape index (κ3) is 4.13. The van der Waals surface area contributed by atoms with Crippen molar-refractivity contribution in [2.75, 3.05) is 5.32 Å². The molecule has 1 N–H and O–H groups in total. The van der Waals surface area contributed by atoms with Gasteiger partial charge in [-0.1, -0.05) is 43.7 Å². The molecule has 0 aliphatic heterocycles. The molecule has 2 rings (SSSR count). The fourth-order valence-electron chi connectivity index (χ4n) is 2.29. The van der Waals surface area contributed by atoms with E-state index in [-0.39, 0.29) is 16.4 Å². The maximum absolute atomic E-state index is 13.9. The SMILES string of the molecule is Cn1nc(C(C)(C)C)c(Cl)c1C(=O)Nc1nnc(C(F)(F)C(F)(F)C(F)(F)C(F)(F)F)s1. The molecule has 0 aromatic carbocycles. The smallest absolute Gasteiger partial charge is 0.295 e. The van der Waals surface area contributed by atoms with E-state index in [1.165, 1.54) is 7.05 Å². The summed E-state index contributed by atoms with van der Waals surface area (Å²) >= 11 is 5.60. The number of amides is 1. The van der Waals surface area contributed by atoms with Crippen LogP contribution < -0.4 is 5.32 Å². The van der Waals surface area contributed by atoms with Gasteiger partial charge in [0.1, 0.15) is 5.69 Å². The van der Waals surface area contributed by atoms with E-state index in [0.717, 1.165) is 4.68 Å². The van der Waals surface area contributed by atoms with Crippen LogP contribution >= 0.6 is 22.9 Å². The summed E-state index contributed by atoms with van der Waals surface area (Å²) in [4.78, 5) is 12.4. The molecule has 0 saturated heterocycles. The molecule has 0 atom stereocenters. The first-order valence-corrected chi connectivity index (χ1v) is 9.44. The zero-order valence-electron chi connectivity index (χ0n) is 16.4. The second kappa shape index (κ2) is 7.74. The fraction of sp³-hybridized carbons (Fsp3) is 0.600. The Kier molecular flexibility index (Phi) is 6.33. The van der Waals surface area contributed by atoms with E-state index in [4.69, 9.17) is 11.6 Å². The zero-order chi connectivity index (χ0) is 25.1. The number of rotatable bonds is 5. The third-order valence-corrected chi connectivity index (χ3v) is 5.24. The fourth-order valence-corrected chi connectivity index (χ4v) is 3.57. The highest BCUT2D eigenvalue weighted by Gasteiger charge is 2.83. The molecule has 0 aliphatic rings. The standard InChI is InChI=1S/C15H13ClF9N5OS/c1-11(2,3)7-5(16)6(30(4)29-7)8(31)26-10-28-27-9(32-10)12(17,18)13(19,20)14(21,22)15(23,24)25/h1-4H3,(H,26,28,31). The van der Waals surface area contributed by atoms with Crippen LogP contribution in [0.3, 0.4) is 0 Å². The van der Waals surface area contributed by atoms with Crippen molar-refractivity contribution < 1.29 is 44.3 Å². The highest BCUT2D eigenvalue weighted by Crippen LogP contribution is 2.57. The van der Waals surface area contributed by atoms with Crippen molar-refractivity contribution in [1.29, 1.82) is 0 Å². The van der Waals surface area contributed by atoms with E-state index < -0.39 is 56.7 Å². The molecule has 0 saturated carbocycles. The Morgan fingerprint density at radius 2 is 1.50 bits per heavy atom. The molecular formula is C15H13ClF9N5OS. The highest BCUT2D eigenvalue weighted by atomic mass is 35.5. The van der Waals surface area contributed by atoms with Crippen molar-refractivity contribution in [3.8, 4) is 0 Å². The number of carbonyl (C=O) groups excluding carboxylic acids is 1. The van der Waals surface area contributed by atoms with Crippen LogP contribution in [0.5, 0.6) is 0 Å². The van der Waals surface area contributed by atoms with E-state index in [2.05, 4.69) is 15.3 Å². The second-order valence-electron chi connectivity index (χ2n) is 7.47. The Morgan fingerprint density at radius 3 is 1.94 bits per heavy atom. The summed E-state index contributed by atoms with van der Waals surface area (Å²) in [7, 11) is 1.31. The van der Waals surface area contributed by atoms with Crippen molar-refractivity contribution in [3.05, 3.63) is 21.4 Å². The number of aryl methyl sites for hydroxylation is 1. The minimum Gasteiger partial charge on any atom is -0.295 e. The first kappa shape index (κ1) is 26.2. The number of alkyl halides is 9. The average molecular weight is 518 g/mol. The van der Waals surface area contributed by atoms with E-state index in [1.54, 1.807) is 20.8 Å². The van der Waals surface area contributed by atoms with Gasteiger partial charge in [-0.25, -0.2) is 0 Å². The van der Waals surface area contributed by atoms with Gasteiger partial charge in [0.05, 0.1) is 10.7 Å². The molecule has 2 heterocycles. The lowest BCUT2D eigenvalue weighted by molar-refractivity contribution is -0.399. The molecule has 0 spiro atoms. The lowest BCUT2D eigenvalue weighted by Crippen LogP contribution is -2.59. The number of halogens is 10. The van der Waals surface area contributed by atoms with E-state index >= 15 is 0 Å². The minimum atomic E-state index is -7.08. The topological polar surface area (TPSA) is 72.7 Å². The number of aromatic nitrogens is 4. The molecule has 1 amide bonds. The summed E-state index contributed by atoms with van der Waals surface area (Å²) in [6, 6.07) is 0. The monoisotopic (exact) mass is 517 g/mol. The number of carbonyl (C=O) groups is 1. The van der Waals surface area contributed by atoms with Crippen molar-refractivity contribution in [2.24, 2.45) is 7.05 Å². The van der Waals surface area contributed by atoms with Crippen LogP contribution in [-0.2, 0) is 18.4 Å². The Morgan fingerprint density at radius 1 is 0.969 bits per heavy atom. The number of nitrogens with zero attached hydrogens (tertiary/aromatic N) is 4. The van der Waals surface area contributed by atoms with E-state index in [1.807, 2.05) is 5.32 Å². The van der Waals surface area contributed by atoms with Gasteiger partial charge in [-0.05, 0) is 0 Å². The molecule has 6 nitrogen and oxygen atoms in total. The molecule has 0 bridgehead atoms. The van der Waals surface area contributed by atoms with Gasteiger partial charge in [0, 0.05) is 12.5 Å². The summed E-state index contributed by atoms with van der Waals surface area (Å²) in [5.41, 5.74) is -0.611. The zero-order valence-corrected chi connectivity index (χ0v) is 18.0. The Labute approximate surface area is 182 Å². The summed E-state index contributed by atoms with van der Waals surface area (Å²) in [5, 5.41) is 8.26. The molecule has 2 aromatic rings. The molecule has 0 unspecified atom stereocenters. The normalized spacial score (nSPS) is 14.1. The van der Waals surface area contributed by atoms with Gasteiger partial charge in [0.15, 0.2) is 5.01 Å². The number of nitrogens with one attached hydrogen (secondary N) is 1. The van der Waals surface area contributed by atoms with Gasteiger partial charge in [0.25, 0.3) is 5.91 Å². The first-order valence-electron chi connectivity index (χ1n) is 8.24. The second-order valence-corrected chi connectivity index (χ2v) is 8.83. The van der Waals surface area contributed by atoms with Gasteiger partial charge in [0.2, 0.25) is 5.13 Å². The van der Waals surface area contributed by atoms with E-state index in [0.29, 0.717) is 0 Å². The van der Waals surface area contributed by atoms with Gasteiger partial charge < -0.3 is 0 Å². The van der Waals surface area contributed by atoms with Gasteiger partial charge in [-0.15, -0.1) is 10.2 Å². The van der Waals surface area contributed by atoms with E-state index in [9.17, 15) is 44.3 Å². The summed E-state index contributed by atoms with van der Waals surface area (Å²) < 4.78 is 119. The van der Waals surface area contributed by atoms with Crippen molar-refractivity contribution in [1.82, 2.24) is 20.0 Å². The largest absolute Gasteiger partial charge is 0.460 e. The molecule has 32 heavy (non-hydrogen) atoms. The quantitative estimate of drug-likeness (QED) is 0.539. The van der Waals surface area contributed by atoms with Crippen LogP contribution in [0.25, 0.3) is 0 Å². The van der Waals surface area contributed by atoms with Crippen LogP contribution in [0, 0.1) is 0 Å². The Balaban J connectivity index is 2.36. The molecule has 180 valence electrons. The van der Waals surface area contributed by atoms with Crippen LogP contribution in [0.1, 0.15) is 42.0 Å². The van der Waals surface area contributed by atoms with Crippen LogP contribution in [0.2, 0.25) is 5.02 Å². The maximum Gasteiger partial charge on any atom is 0.460 e. The van der Waals surface area contributed by atoms with Crippen LogP contribution in [-0.4, -0.2) is 43.9 Å². The Hall–Kier alpha value is -2.10.